The number of nitrogens with one attached hydrogen (secondary N) is 1. The van der Waals surface area contributed by atoms with Crippen LogP contribution in [0.15, 0.2) is 12.4 Å². The van der Waals surface area contributed by atoms with Crippen LogP contribution >= 0.6 is 0 Å². The second-order valence-corrected chi connectivity index (χ2v) is 5.13. The lowest BCUT2D eigenvalue weighted by molar-refractivity contribution is 0.232. The van der Waals surface area contributed by atoms with Crippen molar-refractivity contribution in [1.82, 2.24) is 14.9 Å². The van der Waals surface area contributed by atoms with Gasteiger partial charge in [-0.15, -0.1) is 0 Å². The molecule has 100 valence electrons. The van der Waals surface area contributed by atoms with Crippen LogP contribution in [0.5, 0.6) is 5.88 Å². The standard InChI is InChI=1S/C13H22N4O/c1-10(2)18-13-8-12(14-9-15-13)16-11-4-6-17(3)7-5-11/h8-11H,4-7H2,1-3H3,(H,14,15,16). The van der Waals surface area contributed by atoms with E-state index in [1.54, 1.807) is 6.33 Å². The van der Waals surface area contributed by atoms with Gasteiger partial charge in [0.05, 0.1) is 6.10 Å². The number of hydrogen-bond donors (Lipinski definition) is 1. The van der Waals surface area contributed by atoms with Gasteiger partial charge >= 0.3 is 0 Å². The Kier molecular flexibility index (Phi) is 4.36. The zero-order valence-corrected chi connectivity index (χ0v) is 11.4. The number of piperidine rings is 1. The van der Waals surface area contributed by atoms with Crippen molar-refractivity contribution >= 4 is 5.82 Å². The van der Waals surface area contributed by atoms with E-state index in [2.05, 4.69) is 27.2 Å². The van der Waals surface area contributed by atoms with E-state index in [4.69, 9.17) is 4.74 Å². The first-order valence-electron chi connectivity index (χ1n) is 6.57. The first kappa shape index (κ1) is 13.1. The number of anilines is 1. The minimum absolute atomic E-state index is 0.135. The monoisotopic (exact) mass is 250 g/mol. The highest BCUT2D eigenvalue weighted by Gasteiger charge is 2.16. The summed E-state index contributed by atoms with van der Waals surface area (Å²) in [6.07, 6.45) is 3.99. The largest absolute Gasteiger partial charge is 0.475 e. The van der Waals surface area contributed by atoms with Gasteiger partial charge in [-0.05, 0) is 46.8 Å². The fourth-order valence-corrected chi connectivity index (χ4v) is 2.09. The van der Waals surface area contributed by atoms with Crippen molar-refractivity contribution in [3.05, 3.63) is 12.4 Å². The van der Waals surface area contributed by atoms with Gasteiger partial charge in [0, 0.05) is 12.1 Å². The molecular weight excluding hydrogens is 228 g/mol. The molecule has 0 unspecified atom stereocenters. The quantitative estimate of drug-likeness (QED) is 0.882. The summed E-state index contributed by atoms with van der Waals surface area (Å²) in [4.78, 5) is 10.7. The predicted molar refractivity (Wildman–Crippen MR) is 71.9 cm³/mol. The van der Waals surface area contributed by atoms with Crippen molar-refractivity contribution in [2.45, 2.75) is 38.8 Å². The van der Waals surface area contributed by atoms with Gasteiger partial charge in [-0.2, -0.15) is 0 Å². The van der Waals surface area contributed by atoms with Crippen LogP contribution in [0.4, 0.5) is 5.82 Å². The summed E-state index contributed by atoms with van der Waals surface area (Å²) in [5, 5.41) is 3.46. The molecule has 5 heteroatoms. The lowest BCUT2D eigenvalue weighted by Crippen LogP contribution is -2.36. The molecule has 0 bridgehead atoms. The van der Waals surface area contributed by atoms with E-state index in [9.17, 15) is 0 Å². The van der Waals surface area contributed by atoms with Crippen molar-refractivity contribution in [3.8, 4) is 5.88 Å². The summed E-state index contributed by atoms with van der Waals surface area (Å²) in [5.74, 6) is 1.49. The van der Waals surface area contributed by atoms with Crippen LogP contribution in [-0.4, -0.2) is 47.2 Å². The Bertz CT molecular complexity index is 375. The SMILES string of the molecule is CC(C)Oc1cc(NC2CCN(C)CC2)ncn1. The van der Waals surface area contributed by atoms with Gasteiger partial charge in [-0.1, -0.05) is 0 Å². The van der Waals surface area contributed by atoms with Gasteiger partial charge in [0.15, 0.2) is 0 Å². The second-order valence-electron chi connectivity index (χ2n) is 5.13. The normalized spacial score (nSPS) is 18.0. The van der Waals surface area contributed by atoms with Crippen LogP contribution in [0.1, 0.15) is 26.7 Å². The predicted octanol–water partition coefficient (Wildman–Crippen LogP) is 1.77. The van der Waals surface area contributed by atoms with Crippen molar-refractivity contribution in [1.29, 1.82) is 0 Å². The smallest absolute Gasteiger partial charge is 0.218 e. The molecule has 1 saturated heterocycles. The number of likely N-dealkylation sites (tertiary alicyclic amines) is 1. The number of ether oxygens (including phenoxy) is 1. The summed E-state index contributed by atoms with van der Waals surface area (Å²) in [7, 11) is 2.16. The molecule has 5 nitrogen and oxygen atoms in total. The van der Waals surface area contributed by atoms with Crippen LogP contribution < -0.4 is 10.1 Å². The Balaban J connectivity index is 1.92. The maximum atomic E-state index is 5.56. The lowest BCUT2D eigenvalue weighted by atomic mass is 10.1. The van der Waals surface area contributed by atoms with Gasteiger partial charge in [0.1, 0.15) is 12.1 Å². The molecule has 0 radical (unpaired) electrons. The highest BCUT2D eigenvalue weighted by atomic mass is 16.5. The Morgan fingerprint density at radius 3 is 2.72 bits per heavy atom. The Morgan fingerprint density at radius 2 is 2.06 bits per heavy atom. The van der Waals surface area contributed by atoms with Crippen LogP contribution in [0, 0.1) is 0 Å². The van der Waals surface area contributed by atoms with Crippen LogP contribution in [-0.2, 0) is 0 Å². The van der Waals surface area contributed by atoms with Crippen LogP contribution in [0.3, 0.4) is 0 Å². The van der Waals surface area contributed by atoms with Crippen molar-refractivity contribution in [2.75, 3.05) is 25.5 Å². The summed E-state index contributed by atoms with van der Waals surface area (Å²) >= 11 is 0. The number of rotatable bonds is 4. The second kappa shape index (κ2) is 6.00. The molecule has 1 aromatic rings. The molecule has 2 rings (SSSR count). The molecule has 18 heavy (non-hydrogen) atoms. The fourth-order valence-electron chi connectivity index (χ4n) is 2.09. The highest BCUT2D eigenvalue weighted by Crippen LogP contribution is 2.17. The van der Waals surface area contributed by atoms with E-state index in [-0.39, 0.29) is 6.10 Å². The maximum absolute atomic E-state index is 5.56. The van der Waals surface area contributed by atoms with E-state index in [0.29, 0.717) is 11.9 Å². The average molecular weight is 250 g/mol. The van der Waals surface area contributed by atoms with Crippen LogP contribution in [0.2, 0.25) is 0 Å². The number of aromatic nitrogens is 2. The Labute approximate surface area is 109 Å². The lowest BCUT2D eigenvalue weighted by Gasteiger charge is -2.29. The summed E-state index contributed by atoms with van der Waals surface area (Å²) in [6, 6.07) is 2.38. The van der Waals surface area contributed by atoms with Gasteiger partial charge in [-0.3, -0.25) is 0 Å². The first-order valence-corrected chi connectivity index (χ1v) is 6.57. The number of hydrogen-bond acceptors (Lipinski definition) is 5. The highest BCUT2D eigenvalue weighted by molar-refractivity contribution is 5.38. The Morgan fingerprint density at radius 1 is 1.33 bits per heavy atom. The molecular formula is C13H22N4O. The molecule has 1 fully saturated rings. The molecule has 0 aliphatic carbocycles. The summed E-state index contributed by atoms with van der Waals surface area (Å²) in [6.45, 7) is 6.26. The molecule has 1 aliphatic heterocycles. The molecule has 0 spiro atoms. The molecule has 0 atom stereocenters. The van der Waals surface area contributed by atoms with Gasteiger partial charge in [0.25, 0.3) is 0 Å². The van der Waals surface area contributed by atoms with Crippen molar-refractivity contribution in [2.24, 2.45) is 0 Å². The third-order valence-electron chi connectivity index (χ3n) is 3.07. The van der Waals surface area contributed by atoms with Crippen molar-refractivity contribution < 1.29 is 4.74 Å². The Hall–Kier alpha value is -1.36. The van der Waals surface area contributed by atoms with E-state index in [0.717, 1.165) is 31.7 Å². The average Bonchev–Trinajstić information content (AvgIpc) is 2.32. The van der Waals surface area contributed by atoms with Gasteiger partial charge in [-0.25, -0.2) is 9.97 Å². The topological polar surface area (TPSA) is 50.3 Å². The molecule has 1 aliphatic rings. The minimum Gasteiger partial charge on any atom is -0.475 e. The number of nitrogens with zero attached hydrogens (tertiary/aromatic N) is 3. The summed E-state index contributed by atoms with van der Waals surface area (Å²) in [5.41, 5.74) is 0. The molecule has 0 amide bonds. The van der Waals surface area contributed by atoms with Gasteiger partial charge in [0.2, 0.25) is 5.88 Å². The zero-order valence-electron chi connectivity index (χ0n) is 11.4. The molecule has 2 heterocycles. The minimum atomic E-state index is 0.135. The van der Waals surface area contributed by atoms with E-state index >= 15 is 0 Å². The fraction of sp³-hybridized carbons (Fsp3) is 0.692. The summed E-state index contributed by atoms with van der Waals surface area (Å²) < 4.78 is 5.56. The third-order valence-corrected chi connectivity index (χ3v) is 3.07. The molecule has 1 aromatic heterocycles. The first-order chi connectivity index (χ1) is 8.63. The zero-order chi connectivity index (χ0) is 13.0. The van der Waals surface area contributed by atoms with Crippen LogP contribution in [0.25, 0.3) is 0 Å². The molecule has 0 aromatic carbocycles. The molecule has 0 saturated carbocycles. The van der Waals surface area contributed by atoms with Crippen molar-refractivity contribution in [3.63, 3.8) is 0 Å². The maximum Gasteiger partial charge on any atom is 0.218 e. The van der Waals surface area contributed by atoms with E-state index < -0.39 is 0 Å². The third kappa shape index (κ3) is 3.84. The van der Waals surface area contributed by atoms with E-state index in [1.165, 1.54) is 0 Å². The van der Waals surface area contributed by atoms with E-state index in [1.807, 2.05) is 19.9 Å². The van der Waals surface area contributed by atoms with Gasteiger partial charge < -0.3 is 15.0 Å². The molecule has 1 N–H and O–H groups in total.